The normalized spacial score (nSPS) is 14.6. The van der Waals surface area contributed by atoms with Crippen molar-refractivity contribution in [3.63, 3.8) is 0 Å². The van der Waals surface area contributed by atoms with Crippen molar-refractivity contribution in [3.8, 4) is 5.75 Å². The molecule has 0 bridgehead atoms. The van der Waals surface area contributed by atoms with E-state index in [0.29, 0.717) is 0 Å². The molecule has 58 valence electrons. The van der Waals surface area contributed by atoms with E-state index >= 15 is 0 Å². The summed E-state index contributed by atoms with van der Waals surface area (Å²) in [6.45, 7) is 3.62. The lowest BCUT2D eigenvalue weighted by molar-refractivity contribution is 0.320. The van der Waals surface area contributed by atoms with Gasteiger partial charge in [0, 0.05) is 18.3 Å². The third-order valence-electron chi connectivity index (χ3n) is 1.74. The number of fused-ring (bicyclic) bond motifs is 1. The summed E-state index contributed by atoms with van der Waals surface area (Å²) >= 11 is 0. The number of aryl methyl sites for hydroxylation is 1. The predicted molar refractivity (Wildman–Crippen MR) is 43.0 cm³/mol. The smallest absolute Gasteiger partial charge is 0.148 e. The Morgan fingerprint density at radius 2 is 2.45 bits per heavy atom. The van der Waals surface area contributed by atoms with E-state index in [1.165, 1.54) is 0 Å². The van der Waals surface area contributed by atoms with Gasteiger partial charge in [-0.15, -0.1) is 0 Å². The predicted octanol–water partition coefficient (Wildman–Crippen LogP) is 1.19. The summed E-state index contributed by atoms with van der Waals surface area (Å²) in [5.74, 6) is 0.950. The highest BCUT2D eigenvalue weighted by Crippen LogP contribution is 2.28. The van der Waals surface area contributed by atoms with Crippen LogP contribution < -0.4 is 10.1 Å². The lowest BCUT2D eigenvalue weighted by atomic mass is 10.2. The van der Waals surface area contributed by atoms with Crippen LogP contribution in [0.5, 0.6) is 5.75 Å². The van der Waals surface area contributed by atoms with Crippen LogP contribution in [-0.2, 0) is 0 Å². The molecule has 0 aromatic carbocycles. The van der Waals surface area contributed by atoms with E-state index < -0.39 is 0 Å². The van der Waals surface area contributed by atoms with Crippen molar-refractivity contribution in [2.24, 2.45) is 0 Å². The number of ether oxygens (including phenoxy) is 1. The van der Waals surface area contributed by atoms with Crippen molar-refractivity contribution in [2.45, 2.75) is 6.92 Å². The fourth-order valence-electron chi connectivity index (χ4n) is 1.21. The molecule has 0 atom stereocenters. The second-order valence-electron chi connectivity index (χ2n) is 2.61. The number of nitrogens with one attached hydrogen (secondary N) is 1. The highest BCUT2D eigenvalue weighted by atomic mass is 16.5. The molecule has 1 aliphatic rings. The minimum absolute atomic E-state index is 0.748. The second-order valence-corrected chi connectivity index (χ2v) is 2.61. The maximum absolute atomic E-state index is 5.45. The van der Waals surface area contributed by atoms with Gasteiger partial charge in [-0.05, 0) is 6.92 Å². The Morgan fingerprint density at radius 3 is 3.27 bits per heavy atom. The SMILES string of the molecule is Cc1cncc2c1OCCN2. The van der Waals surface area contributed by atoms with Crippen molar-refractivity contribution < 1.29 is 4.74 Å². The fraction of sp³-hybridized carbons (Fsp3) is 0.375. The van der Waals surface area contributed by atoms with Gasteiger partial charge in [-0.2, -0.15) is 0 Å². The first-order valence-electron chi connectivity index (χ1n) is 3.69. The zero-order chi connectivity index (χ0) is 7.68. The number of rotatable bonds is 0. The first-order chi connectivity index (χ1) is 5.38. The summed E-state index contributed by atoms with van der Waals surface area (Å²) in [5, 5.41) is 3.22. The Hall–Kier alpha value is -1.25. The summed E-state index contributed by atoms with van der Waals surface area (Å²) in [4.78, 5) is 4.06. The number of pyridine rings is 1. The molecule has 1 N–H and O–H groups in total. The van der Waals surface area contributed by atoms with Crippen LogP contribution in [0.25, 0.3) is 0 Å². The highest BCUT2D eigenvalue weighted by Gasteiger charge is 2.10. The number of hydrogen-bond acceptors (Lipinski definition) is 3. The second kappa shape index (κ2) is 2.42. The van der Waals surface area contributed by atoms with Crippen molar-refractivity contribution in [1.29, 1.82) is 0 Å². The van der Waals surface area contributed by atoms with E-state index in [1.54, 1.807) is 6.20 Å². The molecule has 3 heteroatoms. The average Bonchev–Trinajstić information content (AvgIpc) is 2.06. The van der Waals surface area contributed by atoms with Crippen molar-refractivity contribution in [2.75, 3.05) is 18.5 Å². The van der Waals surface area contributed by atoms with E-state index in [1.807, 2.05) is 13.1 Å². The molecule has 0 spiro atoms. The molecule has 11 heavy (non-hydrogen) atoms. The summed E-state index contributed by atoms with van der Waals surface area (Å²) in [5.41, 5.74) is 2.10. The number of nitrogens with zero attached hydrogens (tertiary/aromatic N) is 1. The molecule has 1 aromatic heterocycles. The third-order valence-corrected chi connectivity index (χ3v) is 1.74. The van der Waals surface area contributed by atoms with Gasteiger partial charge < -0.3 is 10.1 Å². The summed E-state index contributed by atoms with van der Waals surface area (Å²) in [7, 11) is 0. The number of anilines is 1. The Labute approximate surface area is 65.4 Å². The average molecular weight is 150 g/mol. The lowest BCUT2D eigenvalue weighted by Gasteiger charge is -2.19. The van der Waals surface area contributed by atoms with Gasteiger partial charge in [0.15, 0.2) is 0 Å². The third kappa shape index (κ3) is 1.02. The van der Waals surface area contributed by atoms with Gasteiger partial charge in [-0.3, -0.25) is 4.98 Å². The van der Waals surface area contributed by atoms with E-state index in [9.17, 15) is 0 Å². The molecule has 0 fully saturated rings. The zero-order valence-electron chi connectivity index (χ0n) is 6.42. The van der Waals surface area contributed by atoms with Crippen LogP contribution in [0, 0.1) is 6.92 Å². The Kier molecular flexibility index (Phi) is 1.42. The molecule has 0 unspecified atom stereocenters. The van der Waals surface area contributed by atoms with Crippen LogP contribution in [0.2, 0.25) is 0 Å². The zero-order valence-corrected chi connectivity index (χ0v) is 6.42. The molecular formula is C8H10N2O. The Morgan fingerprint density at radius 1 is 1.55 bits per heavy atom. The molecule has 3 nitrogen and oxygen atoms in total. The molecule has 0 amide bonds. The molecule has 2 rings (SSSR count). The molecule has 0 aliphatic carbocycles. The number of hydrogen-bond donors (Lipinski definition) is 1. The van der Waals surface area contributed by atoms with Crippen LogP contribution in [0.1, 0.15) is 5.56 Å². The standard InChI is InChI=1S/C8H10N2O/c1-6-4-9-5-7-8(6)11-3-2-10-7/h4-5,10H,2-3H2,1H3. The quantitative estimate of drug-likeness (QED) is 0.603. The topological polar surface area (TPSA) is 34.1 Å². The van der Waals surface area contributed by atoms with Crippen LogP contribution in [0.3, 0.4) is 0 Å². The Balaban J connectivity index is 2.49. The van der Waals surface area contributed by atoms with Gasteiger partial charge in [0.25, 0.3) is 0 Å². The maximum atomic E-state index is 5.45. The molecule has 2 heterocycles. The monoisotopic (exact) mass is 150 g/mol. The Bertz CT molecular complexity index is 273. The van der Waals surface area contributed by atoms with Crippen LogP contribution in [0.15, 0.2) is 12.4 Å². The van der Waals surface area contributed by atoms with E-state index in [0.717, 1.165) is 30.2 Å². The van der Waals surface area contributed by atoms with Crippen molar-refractivity contribution in [1.82, 2.24) is 4.98 Å². The van der Waals surface area contributed by atoms with E-state index in [-0.39, 0.29) is 0 Å². The van der Waals surface area contributed by atoms with Crippen molar-refractivity contribution >= 4 is 5.69 Å². The highest BCUT2D eigenvalue weighted by molar-refractivity contribution is 5.58. The summed E-state index contributed by atoms with van der Waals surface area (Å²) in [6.07, 6.45) is 3.60. The summed E-state index contributed by atoms with van der Waals surface area (Å²) in [6, 6.07) is 0. The van der Waals surface area contributed by atoms with Crippen LogP contribution in [0.4, 0.5) is 5.69 Å². The van der Waals surface area contributed by atoms with Gasteiger partial charge in [0.05, 0.1) is 11.9 Å². The van der Waals surface area contributed by atoms with Crippen molar-refractivity contribution in [3.05, 3.63) is 18.0 Å². The molecule has 0 saturated heterocycles. The van der Waals surface area contributed by atoms with Gasteiger partial charge in [0.2, 0.25) is 0 Å². The fourth-order valence-corrected chi connectivity index (χ4v) is 1.21. The first-order valence-corrected chi connectivity index (χ1v) is 3.69. The van der Waals surface area contributed by atoms with Gasteiger partial charge in [-0.1, -0.05) is 0 Å². The minimum atomic E-state index is 0.748. The number of aromatic nitrogens is 1. The molecular weight excluding hydrogens is 140 g/mol. The molecule has 0 radical (unpaired) electrons. The van der Waals surface area contributed by atoms with Gasteiger partial charge in [-0.25, -0.2) is 0 Å². The van der Waals surface area contributed by atoms with Crippen LogP contribution >= 0.6 is 0 Å². The van der Waals surface area contributed by atoms with Gasteiger partial charge in [0.1, 0.15) is 12.4 Å². The van der Waals surface area contributed by atoms with E-state index in [2.05, 4.69) is 10.3 Å². The van der Waals surface area contributed by atoms with Gasteiger partial charge >= 0.3 is 0 Å². The van der Waals surface area contributed by atoms with E-state index in [4.69, 9.17) is 4.74 Å². The lowest BCUT2D eigenvalue weighted by Crippen LogP contribution is -2.18. The largest absolute Gasteiger partial charge is 0.489 e. The van der Waals surface area contributed by atoms with Crippen LogP contribution in [-0.4, -0.2) is 18.1 Å². The maximum Gasteiger partial charge on any atom is 0.148 e. The molecule has 1 aromatic rings. The first kappa shape index (κ1) is 6.46. The molecule has 0 saturated carbocycles. The molecule has 1 aliphatic heterocycles. The minimum Gasteiger partial charge on any atom is -0.489 e. The summed E-state index contributed by atoms with van der Waals surface area (Å²) < 4.78 is 5.45.